The zero-order chi connectivity index (χ0) is 29.2. The SMILES string of the molecule is Cc1cc2c(-c3ccccc3)c3cc(C)c(C)cc3c(-c3ccc(-n4c5ccccc5c5ccccc54)cc3)c2cc1C. The van der Waals surface area contributed by atoms with Crippen LogP contribution in [-0.4, -0.2) is 4.57 Å². The van der Waals surface area contributed by atoms with Crippen LogP contribution in [0.2, 0.25) is 0 Å². The Morgan fingerprint density at radius 3 is 1.16 bits per heavy atom. The van der Waals surface area contributed by atoms with Gasteiger partial charge >= 0.3 is 0 Å². The summed E-state index contributed by atoms with van der Waals surface area (Å²) >= 11 is 0. The van der Waals surface area contributed by atoms with E-state index in [1.807, 2.05) is 0 Å². The zero-order valence-electron chi connectivity index (χ0n) is 25.1. The van der Waals surface area contributed by atoms with E-state index in [1.165, 1.54) is 93.5 Å². The summed E-state index contributed by atoms with van der Waals surface area (Å²) in [5.41, 5.74) is 14.1. The van der Waals surface area contributed by atoms with Crippen LogP contribution >= 0.6 is 0 Å². The van der Waals surface area contributed by atoms with Crippen LogP contribution in [0.3, 0.4) is 0 Å². The minimum atomic E-state index is 1.18. The molecular formula is C42H33N. The van der Waals surface area contributed by atoms with Crippen molar-refractivity contribution in [1.29, 1.82) is 0 Å². The van der Waals surface area contributed by atoms with E-state index in [9.17, 15) is 0 Å². The summed E-state index contributed by atoms with van der Waals surface area (Å²) < 4.78 is 2.39. The van der Waals surface area contributed by atoms with Crippen molar-refractivity contribution in [3.63, 3.8) is 0 Å². The van der Waals surface area contributed by atoms with Crippen molar-refractivity contribution < 1.29 is 0 Å². The molecule has 0 saturated heterocycles. The largest absolute Gasteiger partial charge is 0.309 e. The third kappa shape index (κ3) is 3.92. The van der Waals surface area contributed by atoms with Crippen LogP contribution in [0.1, 0.15) is 22.3 Å². The number of benzene rings is 7. The van der Waals surface area contributed by atoms with E-state index < -0.39 is 0 Å². The number of rotatable bonds is 3. The highest BCUT2D eigenvalue weighted by Crippen LogP contribution is 2.45. The average molecular weight is 552 g/mol. The van der Waals surface area contributed by atoms with Crippen molar-refractivity contribution in [2.24, 2.45) is 0 Å². The fourth-order valence-electron chi connectivity index (χ4n) is 6.95. The van der Waals surface area contributed by atoms with Gasteiger partial charge in [-0.3, -0.25) is 0 Å². The normalized spacial score (nSPS) is 11.7. The Balaban J connectivity index is 1.43. The average Bonchev–Trinajstić information content (AvgIpc) is 3.37. The van der Waals surface area contributed by atoms with Gasteiger partial charge in [0.25, 0.3) is 0 Å². The highest BCUT2D eigenvalue weighted by Gasteiger charge is 2.19. The molecule has 1 heteroatoms. The Kier molecular flexibility index (Phi) is 5.77. The highest BCUT2D eigenvalue weighted by molar-refractivity contribution is 6.22. The van der Waals surface area contributed by atoms with E-state index in [-0.39, 0.29) is 0 Å². The van der Waals surface area contributed by atoms with Crippen LogP contribution in [0.15, 0.2) is 127 Å². The van der Waals surface area contributed by atoms with Crippen molar-refractivity contribution >= 4 is 43.4 Å². The highest BCUT2D eigenvalue weighted by atomic mass is 15.0. The van der Waals surface area contributed by atoms with Gasteiger partial charge in [0.2, 0.25) is 0 Å². The van der Waals surface area contributed by atoms with Gasteiger partial charge in [-0.25, -0.2) is 0 Å². The second-order valence-corrected chi connectivity index (χ2v) is 12.0. The molecule has 0 bridgehead atoms. The third-order valence-corrected chi connectivity index (χ3v) is 9.40. The van der Waals surface area contributed by atoms with Gasteiger partial charge in [-0.1, -0.05) is 103 Å². The smallest absolute Gasteiger partial charge is 0.0541 e. The van der Waals surface area contributed by atoms with E-state index in [0.29, 0.717) is 0 Å². The third-order valence-electron chi connectivity index (χ3n) is 9.40. The number of hydrogen-bond donors (Lipinski definition) is 0. The molecule has 206 valence electrons. The summed E-state index contributed by atoms with van der Waals surface area (Å²) in [6.45, 7) is 8.93. The first-order chi connectivity index (χ1) is 21.0. The number of nitrogens with zero attached hydrogens (tertiary/aromatic N) is 1. The number of aromatic nitrogens is 1. The van der Waals surface area contributed by atoms with Gasteiger partial charge in [-0.15, -0.1) is 0 Å². The van der Waals surface area contributed by atoms with Crippen molar-refractivity contribution in [2.75, 3.05) is 0 Å². The molecule has 1 heterocycles. The lowest BCUT2D eigenvalue weighted by atomic mass is 9.83. The maximum absolute atomic E-state index is 2.40. The number of fused-ring (bicyclic) bond motifs is 5. The minimum Gasteiger partial charge on any atom is -0.309 e. The summed E-state index contributed by atoms with van der Waals surface area (Å²) in [5, 5.41) is 7.81. The van der Waals surface area contributed by atoms with Crippen molar-refractivity contribution in [3.8, 4) is 27.9 Å². The Morgan fingerprint density at radius 1 is 0.349 bits per heavy atom. The summed E-state index contributed by atoms with van der Waals surface area (Å²) in [6, 6.07) is 47.2. The Labute approximate surface area is 252 Å². The van der Waals surface area contributed by atoms with Gasteiger partial charge in [0.05, 0.1) is 11.0 Å². The molecule has 8 aromatic rings. The first-order valence-corrected chi connectivity index (χ1v) is 15.1. The Hall–Kier alpha value is -5.14. The van der Waals surface area contributed by atoms with Crippen molar-refractivity contribution in [1.82, 2.24) is 4.57 Å². The van der Waals surface area contributed by atoms with E-state index in [0.717, 1.165) is 0 Å². The molecule has 1 aromatic heterocycles. The second-order valence-electron chi connectivity index (χ2n) is 12.0. The molecule has 0 N–H and O–H groups in total. The number of hydrogen-bond acceptors (Lipinski definition) is 0. The molecule has 0 radical (unpaired) electrons. The molecule has 0 fully saturated rings. The molecule has 0 amide bonds. The molecule has 1 nitrogen and oxygen atoms in total. The van der Waals surface area contributed by atoms with Gasteiger partial charge in [0.1, 0.15) is 0 Å². The van der Waals surface area contributed by atoms with Crippen LogP contribution in [0.4, 0.5) is 0 Å². The molecule has 0 aliphatic heterocycles. The van der Waals surface area contributed by atoms with Crippen LogP contribution < -0.4 is 0 Å². The van der Waals surface area contributed by atoms with Crippen LogP contribution in [0, 0.1) is 27.7 Å². The van der Waals surface area contributed by atoms with Crippen LogP contribution in [-0.2, 0) is 0 Å². The van der Waals surface area contributed by atoms with E-state index in [2.05, 4.69) is 160 Å². The van der Waals surface area contributed by atoms with E-state index >= 15 is 0 Å². The maximum Gasteiger partial charge on any atom is 0.0541 e. The van der Waals surface area contributed by atoms with E-state index in [4.69, 9.17) is 0 Å². The van der Waals surface area contributed by atoms with Crippen LogP contribution in [0.5, 0.6) is 0 Å². The summed E-state index contributed by atoms with van der Waals surface area (Å²) in [5.74, 6) is 0. The van der Waals surface area contributed by atoms with Gasteiger partial charge in [0, 0.05) is 16.5 Å². The zero-order valence-corrected chi connectivity index (χ0v) is 25.1. The lowest BCUT2D eigenvalue weighted by Gasteiger charge is -2.20. The molecular weight excluding hydrogens is 518 g/mol. The molecule has 8 rings (SSSR count). The second kappa shape index (κ2) is 9.71. The molecule has 0 atom stereocenters. The fourth-order valence-corrected chi connectivity index (χ4v) is 6.95. The first kappa shape index (κ1) is 25.6. The standard InChI is InChI=1S/C42H33N/c1-26-22-35-37(24-28(26)3)42(38-25-29(4)27(2)23-36(38)41(35)30-12-6-5-7-13-30)31-18-20-32(21-19-31)43-39-16-10-8-14-33(39)34-15-9-11-17-40(34)43/h5-25H,1-4H3. The first-order valence-electron chi connectivity index (χ1n) is 15.1. The van der Waals surface area contributed by atoms with Gasteiger partial charge in [-0.05, 0) is 118 Å². The lowest BCUT2D eigenvalue weighted by molar-refractivity contribution is 1.18. The van der Waals surface area contributed by atoms with Crippen LogP contribution in [0.25, 0.3) is 71.3 Å². The predicted octanol–water partition coefficient (Wildman–Crippen LogP) is 11.7. The quantitative estimate of drug-likeness (QED) is 0.192. The van der Waals surface area contributed by atoms with Gasteiger partial charge in [0.15, 0.2) is 0 Å². The molecule has 43 heavy (non-hydrogen) atoms. The monoisotopic (exact) mass is 551 g/mol. The lowest BCUT2D eigenvalue weighted by Crippen LogP contribution is -1.96. The molecule has 0 unspecified atom stereocenters. The van der Waals surface area contributed by atoms with Gasteiger partial charge < -0.3 is 4.57 Å². The van der Waals surface area contributed by atoms with Crippen molar-refractivity contribution in [2.45, 2.75) is 27.7 Å². The molecule has 0 saturated carbocycles. The molecule has 0 spiro atoms. The Morgan fingerprint density at radius 2 is 0.721 bits per heavy atom. The summed E-state index contributed by atoms with van der Waals surface area (Å²) in [6.07, 6.45) is 0. The predicted molar refractivity (Wildman–Crippen MR) is 186 cm³/mol. The van der Waals surface area contributed by atoms with E-state index in [1.54, 1.807) is 0 Å². The molecule has 0 aliphatic carbocycles. The van der Waals surface area contributed by atoms with Gasteiger partial charge in [-0.2, -0.15) is 0 Å². The topological polar surface area (TPSA) is 4.93 Å². The number of aryl methyl sites for hydroxylation is 4. The minimum absolute atomic E-state index is 1.18. The van der Waals surface area contributed by atoms with Crippen molar-refractivity contribution in [3.05, 3.63) is 150 Å². The number of para-hydroxylation sites is 2. The maximum atomic E-state index is 2.40. The fraction of sp³-hybridized carbons (Fsp3) is 0.0952. The Bertz CT molecular complexity index is 2230. The summed E-state index contributed by atoms with van der Waals surface area (Å²) in [4.78, 5) is 0. The summed E-state index contributed by atoms with van der Waals surface area (Å²) in [7, 11) is 0. The molecule has 0 aliphatic rings. The molecule has 7 aromatic carbocycles.